The van der Waals surface area contributed by atoms with Crippen LogP contribution in [0.15, 0.2) is 36.7 Å². The summed E-state index contributed by atoms with van der Waals surface area (Å²) < 4.78 is 2.16. The van der Waals surface area contributed by atoms with Gasteiger partial charge in [0.2, 0.25) is 0 Å². The zero-order valence-electron chi connectivity index (χ0n) is 13.2. The average Bonchev–Trinajstić information content (AvgIpc) is 3.01. The second kappa shape index (κ2) is 6.03. The van der Waals surface area contributed by atoms with Gasteiger partial charge in [-0.1, -0.05) is 25.3 Å². The van der Waals surface area contributed by atoms with Crippen molar-refractivity contribution in [2.75, 3.05) is 0 Å². The van der Waals surface area contributed by atoms with Gasteiger partial charge in [-0.25, -0.2) is 14.8 Å². The van der Waals surface area contributed by atoms with Crippen molar-refractivity contribution in [1.29, 1.82) is 0 Å². The van der Waals surface area contributed by atoms with Crippen LogP contribution in [0.3, 0.4) is 0 Å². The molecule has 0 bridgehead atoms. The quantitative estimate of drug-likeness (QED) is 0.795. The second-order valence-corrected chi connectivity index (χ2v) is 6.18. The molecule has 1 fully saturated rings. The fourth-order valence-electron chi connectivity index (χ4n) is 3.46. The molecule has 1 saturated carbocycles. The molecular formula is C18H18N4O2. The van der Waals surface area contributed by atoms with E-state index in [9.17, 15) is 9.90 Å². The van der Waals surface area contributed by atoms with E-state index in [0.29, 0.717) is 11.6 Å². The highest BCUT2D eigenvalue weighted by atomic mass is 16.4. The molecule has 0 unspecified atom stereocenters. The molecule has 6 nitrogen and oxygen atoms in total. The van der Waals surface area contributed by atoms with Crippen LogP contribution in [0, 0.1) is 0 Å². The summed E-state index contributed by atoms with van der Waals surface area (Å²) in [7, 11) is 0. The number of imidazole rings is 1. The van der Waals surface area contributed by atoms with Crippen LogP contribution in [0.4, 0.5) is 0 Å². The Labute approximate surface area is 139 Å². The third-order valence-corrected chi connectivity index (χ3v) is 4.61. The first-order valence-electron chi connectivity index (χ1n) is 8.27. The minimum atomic E-state index is -0.990. The topological polar surface area (TPSA) is 80.9 Å². The number of carbonyl (C=O) groups is 1. The van der Waals surface area contributed by atoms with Gasteiger partial charge in [-0.2, -0.15) is 0 Å². The molecule has 3 aromatic heterocycles. The van der Waals surface area contributed by atoms with Gasteiger partial charge in [0.15, 0.2) is 11.5 Å². The molecule has 3 aromatic rings. The Morgan fingerprint density at radius 1 is 1.17 bits per heavy atom. The highest BCUT2D eigenvalue weighted by molar-refractivity contribution is 5.91. The summed E-state index contributed by atoms with van der Waals surface area (Å²) >= 11 is 0. The number of nitrogens with zero attached hydrogens (tertiary/aromatic N) is 4. The maximum atomic E-state index is 11.2. The summed E-state index contributed by atoms with van der Waals surface area (Å²) in [6.45, 7) is 0. The summed E-state index contributed by atoms with van der Waals surface area (Å²) in [6.07, 6.45) is 8.99. The molecule has 0 atom stereocenters. The number of carboxylic acid groups (broad SMARTS) is 1. The van der Waals surface area contributed by atoms with Crippen LogP contribution in [0.5, 0.6) is 0 Å². The van der Waals surface area contributed by atoms with Crippen LogP contribution < -0.4 is 0 Å². The largest absolute Gasteiger partial charge is 0.478 e. The number of rotatable bonds is 3. The predicted molar refractivity (Wildman–Crippen MR) is 89.8 cm³/mol. The average molecular weight is 322 g/mol. The van der Waals surface area contributed by atoms with Crippen molar-refractivity contribution in [3.05, 3.63) is 42.2 Å². The Morgan fingerprint density at radius 2 is 2.00 bits per heavy atom. The summed E-state index contributed by atoms with van der Waals surface area (Å²) in [5.41, 5.74) is 2.30. The fraction of sp³-hybridized carbons (Fsp3) is 0.333. The van der Waals surface area contributed by atoms with E-state index >= 15 is 0 Å². The van der Waals surface area contributed by atoms with Crippen LogP contribution in [0.2, 0.25) is 0 Å². The Kier molecular flexibility index (Phi) is 3.72. The lowest BCUT2D eigenvalue weighted by Crippen LogP contribution is -2.14. The molecule has 1 aliphatic rings. The lowest BCUT2D eigenvalue weighted by atomic mass is 9.95. The lowest BCUT2D eigenvalue weighted by molar-refractivity contribution is 0.0696. The van der Waals surface area contributed by atoms with Gasteiger partial charge in [0.1, 0.15) is 11.2 Å². The zero-order chi connectivity index (χ0) is 16.5. The van der Waals surface area contributed by atoms with Gasteiger partial charge in [0.25, 0.3) is 0 Å². The Balaban J connectivity index is 1.93. The molecule has 0 radical (unpaired) electrons. The van der Waals surface area contributed by atoms with Crippen LogP contribution >= 0.6 is 0 Å². The predicted octanol–water partition coefficient (Wildman–Crippen LogP) is 3.70. The van der Waals surface area contributed by atoms with Gasteiger partial charge in [0, 0.05) is 18.4 Å². The van der Waals surface area contributed by atoms with Crippen molar-refractivity contribution in [2.24, 2.45) is 0 Å². The van der Waals surface area contributed by atoms with E-state index in [1.807, 2.05) is 18.2 Å². The Bertz CT molecular complexity index is 883. The lowest BCUT2D eigenvalue weighted by Gasteiger charge is -2.25. The SMILES string of the molecule is O=C(O)c1cnc2c(c1)nc(-c1ccccn1)n2C1CCCCC1. The van der Waals surface area contributed by atoms with Crippen molar-refractivity contribution in [3.8, 4) is 11.5 Å². The van der Waals surface area contributed by atoms with Crippen molar-refractivity contribution in [3.63, 3.8) is 0 Å². The third kappa shape index (κ3) is 2.54. The van der Waals surface area contributed by atoms with Crippen LogP contribution in [0.1, 0.15) is 48.5 Å². The van der Waals surface area contributed by atoms with Gasteiger partial charge in [-0.05, 0) is 31.0 Å². The minimum Gasteiger partial charge on any atom is -0.478 e. The Morgan fingerprint density at radius 3 is 2.71 bits per heavy atom. The summed E-state index contributed by atoms with van der Waals surface area (Å²) in [5.74, 6) is -0.219. The molecule has 0 saturated heterocycles. The Hall–Kier alpha value is -2.76. The van der Waals surface area contributed by atoms with Gasteiger partial charge in [-0.3, -0.25) is 4.98 Å². The number of aromatic nitrogens is 4. The van der Waals surface area contributed by atoms with Crippen molar-refractivity contribution in [2.45, 2.75) is 38.1 Å². The monoisotopic (exact) mass is 322 g/mol. The van der Waals surface area contributed by atoms with E-state index in [-0.39, 0.29) is 5.56 Å². The van der Waals surface area contributed by atoms with E-state index < -0.39 is 5.97 Å². The highest BCUT2D eigenvalue weighted by Crippen LogP contribution is 2.34. The van der Waals surface area contributed by atoms with Crippen LogP contribution in [0.25, 0.3) is 22.7 Å². The van der Waals surface area contributed by atoms with Crippen LogP contribution in [-0.4, -0.2) is 30.6 Å². The third-order valence-electron chi connectivity index (χ3n) is 4.61. The highest BCUT2D eigenvalue weighted by Gasteiger charge is 2.24. The first-order chi connectivity index (χ1) is 11.7. The molecule has 0 amide bonds. The first kappa shape index (κ1) is 14.8. The number of hydrogen-bond acceptors (Lipinski definition) is 4. The zero-order valence-corrected chi connectivity index (χ0v) is 13.2. The smallest absolute Gasteiger partial charge is 0.337 e. The molecule has 24 heavy (non-hydrogen) atoms. The van der Waals surface area contributed by atoms with Crippen molar-refractivity contribution < 1.29 is 9.90 Å². The maximum absolute atomic E-state index is 11.2. The number of aromatic carboxylic acids is 1. The maximum Gasteiger partial charge on any atom is 0.337 e. The number of hydrogen-bond donors (Lipinski definition) is 1. The molecular weight excluding hydrogens is 304 g/mol. The molecule has 122 valence electrons. The molecule has 4 rings (SSSR count). The molecule has 0 aromatic carbocycles. The standard InChI is InChI=1S/C18H18N4O2/c23-18(24)12-10-15-16(20-11-12)22(13-6-2-1-3-7-13)17(21-15)14-8-4-5-9-19-14/h4-5,8-11,13H,1-3,6-7H2,(H,23,24). The van der Waals surface area contributed by atoms with Crippen LogP contribution in [-0.2, 0) is 0 Å². The fourth-order valence-corrected chi connectivity index (χ4v) is 3.46. The second-order valence-electron chi connectivity index (χ2n) is 6.18. The van der Waals surface area contributed by atoms with Gasteiger partial charge in [-0.15, -0.1) is 0 Å². The van der Waals surface area contributed by atoms with E-state index in [4.69, 9.17) is 0 Å². The molecule has 0 aliphatic heterocycles. The van der Waals surface area contributed by atoms with E-state index in [2.05, 4.69) is 19.5 Å². The first-order valence-corrected chi connectivity index (χ1v) is 8.27. The molecule has 6 heteroatoms. The summed E-state index contributed by atoms with van der Waals surface area (Å²) in [5, 5.41) is 9.20. The van der Waals surface area contributed by atoms with E-state index in [1.165, 1.54) is 25.5 Å². The normalized spacial score (nSPS) is 15.7. The van der Waals surface area contributed by atoms with Crippen molar-refractivity contribution >= 4 is 17.1 Å². The minimum absolute atomic E-state index is 0.156. The van der Waals surface area contributed by atoms with E-state index in [1.54, 1.807) is 12.3 Å². The van der Waals surface area contributed by atoms with Gasteiger partial charge >= 0.3 is 5.97 Å². The molecule has 3 heterocycles. The number of pyridine rings is 2. The van der Waals surface area contributed by atoms with Crippen molar-refractivity contribution in [1.82, 2.24) is 19.5 Å². The summed E-state index contributed by atoms with van der Waals surface area (Å²) in [6, 6.07) is 7.67. The van der Waals surface area contributed by atoms with Gasteiger partial charge < -0.3 is 9.67 Å². The van der Waals surface area contributed by atoms with E-state index in [0.717, 1.165) is 30.0 Å². The number of fused-ring (bicyclic) bond motifs is 1. The summed E-state index contributed by atoms with van der Waals surface area (Å²) in [4.78, 5) is 24.7. The molecule has 0 spiro atoms. The number of carboxylic acids is 1. The molecule has 1 aliphatic carbocycles. The van der Waals surface area contributed by atoms with Gasteiger partial charge in [0.05, 0.1) is 5.56 Å². The molecule has 1 N–H and O–H groups in total.